The molecule has 1 heterocycles. The molecule has 3 atom stereocenters. The number of ketones is 1. The number of aryl methyl sites for hydroxylation is 1. The van der Waals surface area contributed by atoms with E-state index < -0.39 is 0 Å². The fraction of sp³-hybridized carbons (Fsp3) is 0.778. The second-order valence-corrected chi connectivity index (χ2v) is 6.99. The minimum absolute atomic E-state index is 0.302. The summed E-state index contributed by atoms with van der Waals surface area (Å²) in [6.45, 7) is 3.13. The Morgan fingerprint density at radius 3 is 2.86 bits per heavy atom. The van der Waals surface area contributed by atoms with E-state index in [1.54, 1.807) is 0 Å². The van der Waals surface area contributed by atoms with Crippen LogP contribution in [0, 0.1) is 17.8 Å². The van der Waals surface area contributed by atoms with Gasteiger partial charge in [-0.2, -0.15) is 0 Å². The number of aromatic nitrogens is 2. The number of nitrogens with zero attached hydrogens (tertiary/aromatic N) is 2. The molecule has 1 aromatic rings. The van der Waals surface area contributed by atoms with Crippen LogP contribution in [0.5, 0.6) is 0 Å². The Morgan fingerprint density at radius 1 is 1.24 bits per heavy atom. The largest absolute Gasteiger partial charge is 0.335 e. The van der Waals surface area contributed by atoms with Crippen LogP contribution in [0.3, 0.4) is 0 Å². The van der Waals surface area contributed by atoms with Gasteiger partial charge >= 0.3 is 0 Å². The van der Waals surface area contributed by atoms with Crippen molar-refractivity contribution < 1.29 is 4.79 Å². The van der Waals surface area contributed by atoms with Crippen molar-refractivity contribution >= 4 is 5.78 Å². The van der Waals surface area contributed by atoms with E-state index in [4.69, 9.17) is 0 Å². The van der Waals surface area contributed by atoms with Gasteiger partial charge in [0.25, 0.3) is 0 Å². The first-order valence-electron chi connectivity index (χ1n) is 8.80. The summed E-state index contributed by atoms with van der Waals surface area (Å²) in [5, 5.41) is 0. The molecule has 3 heteroatoms. The van der Waals surface area contributed by atoms with Gasteiger partial charge in [-0.1, -0.05) is 32.6 Å². The zero-order chi connectivity index (χ0) is 14.7. The van der Waals surface area contributed by atoms with Crippen LogP contribution in [-0.2, 0) is 17.8 Å². The molecule has 0 aromatic carbocycles. The van der Waals surface area contributed by atoms with E-state index in [0.717, 1.165) is 43.5 Å². The van der Waals surface area contributed by atoms with E-state index in [-0.39, 0.29) is 0 Å². The monoisotopic (exact) mass is 288 g/mol. The van der Waals surface area contributed by atoms with Crippen molar-refractivity contribution in [3.8, 4) is 0 Å². The zero-order valence-electron chi connectivity index (χ0n) is 13.3. The maximum atomic E-state index is 12.6. The number of rotatable bonds is 5. The number of hydrogen-bond acceptors (Lipinski definition) is 2. The molecule has 3 nitrogen and oxygen atoms in total. The van der Waals surface area contributed by atoms with Gasteiger partial charge < -0.3 is 4.57 Å². The van der Waals surface area contributed by atoms with E-state index in [2.05, 4.69) is 16.5 Å². The van der Waals surface area contributed by atoms with E-state index in [0.29, 0.717) is 18.1 Å². The molecule has 2 aliphatic rings. The number of hydrogen-bond donors (Lipinski definition) is 0. The molecule has 21 heavy (non-hydrogen) atoms. The van der Waals surface area contributed by atoms with E-state index in [1.807, 2.05) is 12.4 Å². The van der Waals surface area contributed by atoms with E-state index in [1.165, 1.54) is 32.1 Å². The second-order valence-electron chi connectivity index (χ2n) is 6.99. The van der Waals surface area contributed by atoms with Crippen LogP contribution in [-0.4, -0.2) is 15.3 Å². The topological polar surface area (TPSA) is 34.9 Å². The van der Waals surface area contributed by atoms with Crippen LogP contribution in [0.4, 0.5) is 0 Å². The number of carbonyl (C=O) groups excluding carboxylic acids is 1. The van der Waals surface area contributed by atoms with Gasteiger partial charge in [0, 0.05) is 24.9 Å². The lowest BCUT2D eigenvalue weighted by Gasteiger charge is -2.38. The van der Waals surface area contributed by atoms with Crippen molar-refractivity contribution in [2.24, 2.45) is 17.8 Å². The molecule has 3 rings (SSSR count). The summed E-state index contributed by atoms with van der Waals surface area (Å²) in [6, 6.07) is 0. The summed E-state index contributed by atoms with van der Waals surface area (Å²) in [4.78, 5) is 17.0. The van der Waals surface area contributed by atoms with Gasteiger partial charge in [-0.25, -0.2) is 4.98 Å². The van der Waals surface area contributed by atoms with Crippen LogP contribution in [0.1, 0.15) is 64.1 Å². The quantitative estimate of drug-likeness (QED) is 0.820. The Hall–Kier alpha value is -1.12. The minimum atomic E-state index is 0.302. The highest BCUT2D eigenvalue weighted by Gasteiger charge is 2.35. The van der Waals surface area contributed by atoms with Crippen LogP contribution >= 0.6 is 0 Å². The first kappa shape index (κ1) is 14.8. The Bertz CT molecular complexity index is 479. The lowest BCUT2D eigenvalue weighted by molar-refractivity contribution is -0.124. The lowest BCUT2D eigenvalue weighted by Crippen LogP contribution is -2.32. The molecule has 2 aliphatic carbocycles. The van der Waals surface area contributed by atoms with Crippen molar-refractivity contribution in [2.75, 3.05) is 0 Å². The number of fused-ring (bicyclic) bond motifs is 1. The minimum Gasteiger partial charge on any atom is -0.335 e. The third-order valence-electron chi connectivity index (χ3n) is 5.59. The molecule has 0 aliphatic heterocycles. The fourth-order valence-corrected chi connectivity index (χ4v) is 4.42. The van der Waals surface area contributed by atoms with E-state index >= 15 is 0 Å². The molecule has 3 unspecified atom stereocenters. The third kappa shape index (κ3) is 3.38. The highest BCUT2D eigenvalue weighted by molar-refractivity contribution is 5.82. The van der Waals surface area contributed by atoms with Gasteiger partial charge in [0.15, 0.2) is 0 Å². The molecule has 0 amide bonds. The lowest BCUT2D eigenvalue weighted by atomic mass is 9.66. The Kier molecular flexibility index (Phi) is 4.77. The Balaban J connectivity index is 1.59. The molecule has 2 fully saturated rings. The fourth-order valence-electron chi connectivity index (χ4n) is 4.42. The van der Waals surface area contributed by atoms with Crippen LogP contribution in [0.2, 0.25) is 0 Å². The molecule has 0 bridgehead atoms. The van der Waals surface area contributed by atoms with Crippen molar-refractivity contribution in [1.29, 1.82) is 0 Å². The summed E-state index contributed by atoms with van der Waals surface area (Å²) in [7, 11) is 0. The SMILES string of the molecule is CCCn1ccnc1CC(=O)C1CCC2CCCCC2C1. The molecule has 2 saturated carbocycles. The van der Waals surface area contributed by atoms with Gasteiger partial charge in [-0.3, -0.25) is 4.79 Å². The normalized spacial score (nSPS) is 29.1. The van der Waals surface area contributed by atoms with Gasteiger partial charge in [0.2, 0.25) is 0 Å². The first-order chi connectivity index (χ1) is 10.3. The summed E-state index contributed by atoms with van der Waals surface area (Å²) in [5.74, 6) is 3.45. The van der Waals surface area contributed by atoms with Crippen molar-refractivity contribution in [3.05, 3.63) is 18.2 Å². The maximum absolute atomic E-state index is 12.6. The first-order valence-corrected chi connectivity index (χ1v) is 8.80. The van der Waals surface area contributed by atoms with Gasteiger partial charge in [-0.05, 0) is 37.5 Å². The predicted molar refractivity (Wildman–Crippen MR) is 84.0 cm³/mol. The molecule has 1 aromatic heterocycles. The molecule has 0 N–H and O–H groups in total. The smallest absolute Gasteiger partial charge is 0.143 e. The molecule has 0 saturated heterocycles. The Morgan fingerprint density at radius 2 is 2.05 bits per heavy atom. The summed E-state index contributed by atoms with van der Waals surface area (Å²) in [5.41, 5.74) is 0. The van der Waals surface area contributed by atoms with Gasteiger partial charge in [0.1, 0.15) is 11.6 Å². The van der Waals surface area contributed by atoms with Crippen LogP contribution in [0.15, 0.2) is 12.4 Å². The van der Waals surface area contributed by atoms with Crippen molar-refractivity contribution in [3.63, 3.8) is 0 Å². The standard InChI is InChI=1S/C18H28N2O/c1-2-10-20-11-9-19-18(20)13-17(21)16-8-7-14-5-3-4-6-15(14)12-16/h9,11,14-16H,2-8,10,12-13H2,1H3. The number of imidazole rings is 1. The average Bonchev–Trinajstić information content (AvgIpc) is 2.94. The second kappa shape index (κ2) is 6.76. The molecule has 0 spiro atoms. The summed E-state index contributed by atoms with van der Waals surface area (Å²) < 4.78 is 2.14. The predicted octanol–water partition coefficient (Wildman–Crippen LogP) is 4.01. The molecule has 116 valence electrons. The zero-order valence-corrected chi connectivity index (χ0v) is 13.3. The highest BCUT2D eigenvalue weighted by Crippen LogP contribution is 2.43. The van der Waals surface area contributed by atoms with Gasteiger partial charge in [0.05, 0.1) is 6.42 Å². The maximum Gasteiger partial charge on any atom is 0.143 e. The summed E-state index contributed by atoms with van der Waals surface area (Å²) >= 11 is 0. The molecular formula is C18H28N2O. The van der Waals surface area contributed by atoms with Crippen molar-refractivity contribution in [1.82, 2.24) is 9.55 Å². The van der Waals surface area contributed by atoms with Crippen LogP contribution < -0.4 is 0 Å². The summed E-state index contributed by atoms with van der Waals surface area (Å²) in [6.07, 6.45) is 14.6. The molecular weight excluding hydrogens is 260 g/mol. The van der Waals surface area contributed by atoms with Crippen molar-refractivity contribution in [2.45, 2.75) is 71.3 Å². The van der Waals surface area contributed by atoms with Crippen LogP contribution in [0.25, 0.3) is 0 Å². The Labute approximate surface area is 128 Å². The third-order valence-corrected chi connectivity index (χ3v) is 5.59. The molecule has 0 radical (unpaired) electrons. The number of carbonyl (C=O) groups is 1. The van der Waals surface area contributed by atoms with Gasteiger partial charge in [-0.15, -0.1) is 0 Å². The van der Waals surface area contributed by atoms with E-state index in [9.17, 15) is 4.79 Å². The highest BCUT2D eigenvalue weighted by atomic mass is 16.1. The average molecular weight is 288 g/mol. The number of Topliss-reactive ketones (excluding diaryl/α,β-unsaturated/α-hetero) is 1.